The van der Waals surface area contributed by atoms with Gasteiger partial charge in [-0.05, 0) is 25.5 Å². The number of para-hydroxylation sites is 1. The van der Waals surface area contributed by atoms with Gasteiger partial charge in [-0.1, -0.05) is 18.2 Å². The number of aromatic nitrogens is 1. The van der Waals surface area contributed by atoms with E-state index in [1.165, 1.54) is 22.2 Å². The molecule has 1 aromatic heterocycles. The average Bonchev–Trinajstić information content (AvgIpc) is 2.60. The van der Waals surface area contributed by atoms with E-state index < -0.39 is 10.8 Å². The molecule has 0 spiro atoms. The number of rotatable bonds is 5. The number of fused-ring (bicyclic) bond motifs is 1. The highest BCUT2D eigenvalue weighted by atomic mass is 32.2. The first-order valence-corrected chi connectivity index (χ1v) is 8.29. The van der Waals surface area contributed by atoms with Crippen molar-refractivity contribution >= 4 is 21.7 Å². The zero-order valence-corrected chi connectivity index (χ0v) is 12.9. The summed E-state index contributed by atoms with van der Waals surface area (Å²) in [5.74, 6) is 0.697. The van der Waals surface area contributed by atoms with Gasteiger partial charge in [-0.25, -0.2) is 0 Å². The highest BCUT2D eigenvalue weighted by molar-refractivity contribution is 7.84. The third-order valence-corrected chi connectivity index (χ3v) is 4.58. The summed E-state index contributed by atoms with van der Waals surface area (Å²) in [4.78, 5) is 0. The van der Waals surface area contributed by atoms with Crippen LogP contribution in [0.15, 0.2) is 24.3 Å². The van der Waals surface area contributed by atoms with Crippen LogP contribution in [-0.2, 0) is 24.4 Å². The zero-order valence-electron chi connectivity index (χ0n) is 12.1. The highest BCUT2D eigenvalue weighted by Gasteiger charge is 2.12. The molecule has 4 heteroatoms. The summed E-state index contributed by atoms with van der Waals surface area (Å²) in [6.07, 6.45) is 1.75. The fourth-order valence-electron chi connectivity index (χ4n) is 2.57. The van der Waals surface area contributed by atoms with Crippen LogP contribution >= 0.6 is 0 Å². The number of aryl methyl sites for hydroxylation is 2. The number of nitrogens with one attached hydrogen (secondary N) is 1. The van der Waals surface area contributed by atoms with Crippen LogP contribution in [-0.4, -0.2) is 26.8 Å². The van der Waals surface area contributed by atoms with E-state index in [1.807, 2.05) is 0 Å². The zero-order chi connectivity index (χ0) is 14.0. The van der Waals surface area contributed by atoms with Crippen molar-refractivity contribution in [2.75, 3.05) is 12.0 Å². The van der Waals surface area contributed by atoms with E-state index >= 15 is 0 Å². The van der Waals surface area contributed by atoms with Gasteiger partial charge in [0, 0.05) is 59.0 Å². The summed E-state index contributed by atoms with van der Waals surface area (Å²) < 4.78 is 13.4. The Balaban J connectivity index is 2.19. The Bertz CT molecular complexity index is 564. The molecule has 0 saturated heterocycles. The fraction of sp³-hybridized carbons (Fsp3) is 0.467. The van der Waals surface area contributed by atoms with Crippen LogP contribution in [0.5, 0.6) is 0 Å². The topological polar surface area (TPSA) is 34.0 Å². The monoisotopic (exact) mass is 278 g/mol. The first-order chi connectivity index (χ1) is 9.00. The van der Waals surface area contributed by atoms with Crippen molar-refractivity contribution < 1.29 is 4.21 Å². The van der Waals surface area contributed by atoms with Crippen LogP contribution in [0.3, 0.4) is 0 Å². The highest BCUT2D eigenvalue weighted by Crippen LogP contribution is 2.24. The summed E-state index contributed by atoms with van der Waals surface area (Å²) >= 11 is 0. The number of nitrogens with zero attached hydrogens (tertiary/aromatic N) is 1. The second kappa shape index (κ2) is 5.88. The SMILES string of the molecule is Cc1c(CNC(C)CS(C)=O)n(C)c2ccccc12. The molecule has 0 fully saturated rings. The minimum atomic E-state index is -0.748. The molecule has 0 bridgehead atoms. The molecule has 0 aliphatic carbocycles. The molecule has 1 heterocycles. The van der Waals surface area contributed by atoms with E-state index in [1.54, 1.807) is 6.26 Å². The largest absolute Gasteiger partial charge is 0.346 e. The van der Waals surface area contributed by atoms with Crippen LogP contribution in [0.25, 0.3) is 10.9 Å². The van der Waals surface area contributed by atoms with E-state index in [9.17, 15) is 4.21 Å². The maximum absolute atomic E-state index is 11.2. The molecule has 1 N–H and O–H groups in total. The maximum atomic E-state index is 11.2. The lowest BCUT2D eigenvalue weighted by molar-refractivity contribution is 0.571. The third-order valence-electron chi connectivity index (χ3n) is 3.61. The van der Waals surface area contributed by atoms with Gasteiger partial charge in [-0.2, -0.15) is 0 Å². The molecule has 1 aromatic carbocycles. The molecule has 2 aromatic rings. The lowest BCUT2D eigenvalue weighted by Crippen LogP contribution is -2.31. The molecule has 2 unspecified atom stereocenters. The van der Waals surface area contributed by atoms with Crippen LogP contribution in [0, 0.1) is 6.92 Å². The molecule has 104 valence electrons. The molecule has 0 saturated carbocycles. The second-order valence-electron chi connectivity index (χ2n) is 5.17. The summed E-state index contributed by atoms with van der Waals surface area (Å²) in [5.41, 5.74) is 3.90. The quantitative estimate of drug-likeness (QED) is 0.911. The fourth-order valence-corrected chi connectivity index (χ4v) is 3.39. The molecule has 2 atom stereocenters. The number of hydrogen-bond donors (Lipinski definition) is 1. The first kappa shape index (κ1) is 14.3. The Morgan fingerprint density at radius 2 is 2.05 bits per heavy atom. The smallest absolute Gasteiger partial charge is 0.0483 e. The van der Waals surface area contributed by atoms with Gasteiger partial charge in [0.15, 0.2) is 0 Å². The Morgan fingerprint density at radius 3 is 2.68 bits per heavy atom. The second-order valence-corrected chi connectivity index (χ2v) is 6.65. The van der Waals surface area contributed by atoms with Gasteiger partial charge < -0.3 is 9.88 Å². The molecule has 0 amide bonds. The summed E-state index contributed by atoms with van der Waals surface area (Å²) in [7, 11) is 1.36. The van der Waals surface area contributed by atoms with Gasteiger partial charge in [0.2, 0.25) is 0 Å². The average molecular weight is 278 g/mol. The Kier molecular flexibility index (Phi) is 4.42. The standard InChI is InChI=1S/C15H22N2OS/c1-11(10-19(4)18)16-9-15-12(2)13-7-5-6-8-14(13)17(15)3/h5-8,11,16H,9-10H2,1-4H3. The summed E-state index contributed by atoms with van der Waals surface area (Å²) in [5, 5.41) is 4.77. The molecule has 0 aliphatic rings. The van der Waals surface area contributed by atoms with E-state index in [-0.39, 0.29) is 6.04 Å². The summed E-state index contributed by atoms with van der Waals surface area (Å²) in [6.45, 7) is 5.07. The lowest BCUT2D eigenvalue weighted by Gasteiger charge is -2.13. The van der Waals surface area contributed by atoms with Crippen LogP contribution in [0.4, 0.5) is 0 Å². The van der Waals surface area contributed by atoms with Gasteiger partial charge in [0.1, 0.15) is 0 Å². The van der Waals surface area contributed by atoms with E-state index in [0.717, 1.165) is 6.54 Å². The first-order valence-electron chi connectivity index (χ1n) is 6.57. The maximum Gasteiger partial charge on any atom is 0.0483 e. The predicted octanol–water partition coefficient (Wildman–Crippen LogP) is 2.34. The van der Waals surface area contributed by atoms with Gasteiger partial charge in [-0.15, -0.1) is 0 Å². The van der Waals surface area contributed by atoms with Gasteiger partial charge >= 0.3 is 0 Å². The van der Waals surface area contributed by atoms with Crippen molar-refractivity contribution in [1.29, 1.82) is 0 Å². The van der Waals surface area contributed by atoms with Crippen LogP contribution < -0.4 is 5.32 Å². The predicted molar refractivity (Wildman–Crippen MR) is 82.9 cm³/mol. The normalized spacial score (nSPS) is 14.7. The molecule has 0 radical (unpaired) electrons. The van der Waals surface area contributed by atoms with E-state index in [2.05, 4.69) is 55.0 Å². The van der Waals surface area contributed by atoms with Crippen molar-refractivity contribution in [3.63, 3.8) is 0 Å². The Labute approximate surface area is 117 Å². The van der Waals surface area contributed by atoms with E-state index in [4.69, 9.17) is 0 Å². The minimum Gasteiger partial charge on any atom is -0.346 e. The molecule has 0 aliphatic heterocycles. The van der Waals surface area contributed by atoms with Gasteiger partial charge in [0.25, 0.3) is 0 Å². The molecule has 2 rings (SSSR count). The van der Waals surface area contributed by atoms with Crippen molar-refractivity contribution in [1.82, 2.24) is 9.88 Å². The third kappa shape index (κ3) is 3.07. The number of hydrogen-bond acceptors (Lipinski definition) is 2. The molecule has 19 heavy (non-hydrogen) atoms. The van der Waals surface area contributed by atoms with Crippen molar-refractivity contribution in [3.8, 4) is 0 Å². The Morgan fingerprint density at radius 1 is 1.37 bits per heavy atom. The van der Waals surface area contributed by atoms with Gasteiger partial charge in [-0.3, -0.25) is 4.21 Å². The van der Waals surface area contributed by atoms with Crippen molar-refractivity contribution in [3.05, 3.63) is 35.5 Å². The molecule has 3 nitrogen and oxygen atoms in total. The van der Waals surface area contributed by atoms with E-state index in [0.29, 0.717) is 5.75 Å². The Hall–Kier alpha value is -1.13. The minimum absolute atomic E-state index is 0.267. The molecular formula is C15H22N2OS. The number of benzene rings is 1. The lowest BCUT2D eigenvalue weighted by atomic mass is 10.1. The van der Waals surface area contributed by atoms with Crippen LogP contribution in [0.2, 0.25) is 0 Å². The van der Waals surface area contributed by atoms with Crippen molar-refractivity contribution in [2.24, 2.45) is 7.05 Å². The van der Waals surface area contributed by atoms with Crippen molar-refractivity contribution in [2.45, 2.75) is 26.4 Å². The van der Waals surface area contributed by atoms with Crippen LogP contribution in [0.1, 0.15) is 18.2 Å². The molecular weight excluding hydrogens is 256 g/mol. The summed E-state index contributed by atoms with van der Waals surface area (Å²) in [6, 6.07) is 8.73. The van der Waals surface area contributed by atoms with Gasteiger partial charge in [0.05, 0.1) is 0 Å².